The lowest BCUT2D eigenvalue weighted by Gasteiger charge is -2.24. The van der Waals surface area contributed by atoms with Crippen LogP contribution in [0, 0.1) is 17.8 Å². The maximum atomic E-state index is 4.18. The van der Waals surface area contributed by atoms with Crippen LogP contribution < -0.4 is 0 Å². The Morgan fingerprint density at radius 3 is 1.79 bits per heavy atom. The number of hydrogen-bond donors (Lipinski definition) is 0. The Hall–Kier alpha value is -1.37. The van der Waals surface area contributed by atoms with Gasteiger partial charge in [-0.3, -0.25) is 4.99 Å². The molecule has 0 aliphatic heterocycles. The summed E-state index contributed by atoms with van der Waals surface area (Å²) < 4.78 is 0. The zero-order valence-electron chi connectivity index (χ0n) is 24.9. The van der Waals surface area contributed by atoms with E-state index >= 15 is 0 Å². The summed E-state index contributed by atoms with van der Waals surface area (Å²) in [5, 5.41) is 0. The van der Waals surface area contributed by atoms with Crippen LogP contribution in [0.2, 0.25) is 0 Å². The second-order valence-electron chi connectivity index (χ2n) is 9.78. The van der Waals surface area contributed by atoms with Crippen molar-refractivity contribution in [3.05, 3.63) is 47.6 Å². The summed E-state index contributed by atoms with van der Waals surface area (Å²) >= 11 is 0. The van der Waals surface area contributed by atoms with Crippen LogP contribution in [-0.4, -0.2) is 12.8 Å². The van der Waals surface area contributed by atoms with E-state index < -0.39 is 0 Å². The largest absolute Gasteiger partial charge is 0.293 e. The van der Waals surface area contributed by atoms with E-state index in [1.54, 1.807) is 0 Å². The lowest BCUT2D eigenvalue weighted by molar-refractivity contribution is 0.284. The fourth-order valence-corrected chi connectivity index (χ4v) is 3.33. The molecule has 0 aromatic rings. The SMILES string of the molecule is C=C(/C=C/C(C)C)/C(C)=C(/C)C(C)=NC.C=C(C)CCCC.CC.CCC1CCC(C)CC1. The second-order valence-corrected chi connectivity index (χ2v) is 9.78. The van der Waals surface area contributed by atoms with Crippen molar-refractivity contribution in [2.24, 2.45) is 22.7 Å². The van der Waals surface area contributed by atoms with Crippen LogP contribution in [0.3, 0.4) is 0 Å². The highest BCUT2D eigenvalue weighted by atomic mass is 14.7. The highest BCUT2D eigenvalue weighted by Gasteiger charge is 2.15. The van der Waals surface area contributed by atoms with E-state index in [2.05, 4.69) is 85.7 Å². The highest BCUT2D eigenvalue weighted by Crippen LogP contribution is 2.29. The molecule has 1 saturated carbocycles. The Bertz CT molecular complexity index is 578. The Balaban J connectivity index is -0.000000425. The van der Waals surface area contributed by atoms with Gasteiger partial charge in [-0.15, -0.1) is 6.58 Å². The number of nitrogens with zero attached hydrogens (tertiary/aromatic N) is 1. The Labute approximate surface area is 210 Å². The van der Waals surface area contributed by atoms with Gasteiger partial charge in [0.25, 0.3) is 0 Å². The van der Waals surface area contributed by atoms with E-state index in [0.717, 1.165) is 23.1 Å². The molecule has 0 N–H and O–H groups in total. The van der Waals surface area contributed by atoms with Gasteiger partial charge in [0.15, 0.2) is 0 Å². The van der Waals surface area contributed by atoms with Crippen LogP contribution in [0.5, 0.6) is 0 Å². The van der Waals surface area contributed by atoms with Gasteiger partial charge in [0.2, 0.25) is 0 Å². The van der Waals surface area contributed by atoms with E-state index in [-0.39, 0.29) is 0 Å². The third-order valence-electron chi connectivity index (χ3n) is 6.27. The van der Waals surface area contributed by atoms with Crippen molar-refractivity contribution in [2.45, 2.75) is 128 Å². The summed E-state index contributed by atoms with van der Waals surface area (Å²) in [5.74, 6) is 2.66. The third-order valence-corrected chi connectivity index (χ3v) is 6.27. The summed E-state index contributed by atoms with van der Waals surface area (Å²) in [6.07, 6.45) is 15.4. The minimum absolute atomic E-state index is 0.566. The van der Waals surface area contributed by atoms with E-state index in [4.69, 9.17) is 0 Å². The zero-order chi connectivity index (χ0) is 26.4. The average Bonchev–Trinajstić information content (AvgIpc) is 2.82. The first-order valence-electron chi connectivity index (χ1n) is 13.6. The molecule has 0 atom stereocenters. The van der Waals surface area contributed by atoms with Gasteiger partial charge in [-0.05, 0) is 75.0 Å². The van der Waals surface area contributed by atoms with Gasteiger partial charge in [0.1, 0.15) is 0 Å². The molecule has 0 saturated heterocycles. The van der Waals surface area contributed by atoms with Crippen molar-refractivity contribution in [1.29, 1.82) is 0 Å². The highest BCUT2D eigenvalue weighted by molar-refractivity contribution is 5.98. The minimum atomic E-state index is 0.566. The maximum absolute atomic E-state index is 4.18. The molecule has 0 amide bonds. The lowest BCUT2D eigenvalue weighted by Crippen LogP contribution is -2.10. The van der Waals surface area contributed by atoms with E-state index in [9.17, 15) is 0 Å². The average molecular weight is 460 g/mol. The summed E-state index contributed by atoms with van der Waals surface area (Å²) in [5.41, 5.74) is 5.89. The van der Waals surface area contributed by atoms with Gasteiger partial charge >= 0.3 is 0 Å². The molecule has 0 spiro atoms. The summed E-state index contributed by atoms with van der Waals surface area (Å²) in [7, 11) is 1.82. The summed E-state index contributed by atoms with van der Waals surface area (Å²) in [4.78, 5) is 4.18. The molecule has 0 aromatic heterocycles. The standard InChI is InChI=1S/C14H23N.C9H18.C7H14.C2H6/c1-10(2)8-9-11(3)12(4)13(5)14(6)15-7;1-3-9-6-4-8(2)5-7-9;1-4-5-6-7(2)3;1-2/h8-10H,3H2,1-2,4-7H3;8-9H,3-7H2,1-2H3;2,4-6H2,1,3H3;1-2H3/b9-8+,13-12-,15-14?;;;. The molecule has 0 unspecified atom stereocenters. The molecule has 0 radical (unpaired) electrons. The minimum Gasteiger partial charge on any atom is -0.293 e. The molecular weight excluding hydrogens is 398 g/mol. The molecule has 33 heavy (non-hydrogen) atoms. The molecule has 1 fully saturated rings. The number of aliphatic imine (C=N–C) groups is 1. The molecule has 194 valence electrons. The lowest BCUT2D eigenvalue weighted by atomic mass is 9.82. The van der Waals surface area contributed by atoms with Gasteiger partial charge in [0.05, 0.1) is 0 Å². The van der Waals surface area contributed by atoms with Gasteiger partial charge < -0.3 is 0 Å². The second kappa shape index (κ2) is 23.8. The van der Waals surface area contributed by atoms with Gasteiger partial charge in [0, 0.05) is 12.8 Å². The van der Waals surface area contributed by atoms with E-state index in [0.29, 0.717) is 5.92 Å². The predicted molar refractivity (Wildman–Crippen MR) is 158 cm³/mol. The number of allylic oxidation sites excluding steroid dienone is 6. The van der Waals surface area contributed by atoms with Crippen LogP contribution in [0.25, 0.3) is 0 Å². The van der Waals surface area contributed by atoms with Gasteiger partial charge in [-0.1, -0.05) is 111 Å². The number of hydrogen-bond acceptors (Lipinski definition) is 1. The first kappa shape index (κ1) is 36.2. The first-order chi connectivity index (χ1) is 15.5. The smallest absolute Gasteiger partial charge is 0.0345 e. The summed E-state index contributed by atoms with van der Waals surface area (Å²) in [6.45, 7) is 31.4. The number of rotatable bonds is 8. The molecule has 1 heteroatoms. The van der Waals surface area contributed by atoms with Crippen LogP contribution >= 0.6 is 0 Å². The zero-order valence-corrected chi connectivity index (χ0v) is 24.9. The number of unbranched alkanes of at least 4 members (excludes halogenated alkanes) is 1. The van der Waals surface area contributed by atoms with E-state index in [1.165, 1.54) is 68.1 Å². The Kier molecular flexibility index (Phi) is 26.1. The molecule has 1 nitrogen and oxygen atoms in total. The topological polar surface area (TPSA) is 12.4 Å². The van der Waals surface area contributed by atoms with Crippen molar-refractivity contribution < 1.29 is 0 Å². The van der Waals surface area contributed by atoms with Crippen molar-refractivity contribution in [2.75, 3.05) is 7.05 Å². The fourth-order valence-electron chi connectivity index (χ4n) is 3.33. The molecule has 1 aliphatic rings. The molecule has 0 heterocycles. The van der Waals surface area contributed by atoms with Crippen LogP contribution in [-0.2, 0) is 0 Å². The molecule has 0 bridgehead atoms. The Morgan fingerprint density at radius 2 is 1.45 bits per heavy atom. The van der Waals surface area contributed by atoms with Crippen LogP contribution in [0.4, 0.5) is 0 Å². The van der Waals surface area contributed by atoms with Crippen molar-refractivity contribution in [3.63, 3.8) is 0 Å². The van der Waals surface area contributed by atoms with Gasteiger partial charge in [-0.25, -0.2) is 0 Å². The third kappa shape index (κ3) is 22.2. The summed E-state index contributed by atoms with van der Waals surface area (Å²) in [6, 6.07) is 0. The maximum Gasteiger partial charge on any atom is 0.0345 e. The molecule has 1 aliphatic carbocycles. The van der Waals surface area contributed by atoms with E-state index in [1.807, 2.05) is 27.8 Å². The van der Waals surface area contributed by atoms with Crippen LogP contribution in [0.1, 0.15) is 128 Å². The normalized spacial score (nSPS) is 18.8. The monoisotopic (exact) mass is 459 g/mol. The quantitative estimate of drug-likeness (QED) is 0.194. The van der Waals surface area contributed by atoms with Gasteiger partial charge in [-0.2, -0.15) is 0 Å². The molecule has 0 aromatic carbocycles. The molecule has 1 rings (SSSR count). The Morgan fingerprint density at radius 1 is 0.939 bits per heavy atom. The van der Waals surface area contributed by atoms with Crippen LogP contribution in [0.15, 0.2) is 52.6 Å². The molecular formula is C32H61N. The van der Waals surface area contributed by atoms with Crippen molar-refractivity contribution in [3.8, 4) is 0 Å². The predicted octanol–water partition coefficient (Wildman–Crippen LogP) is 11.2. The first-order valence-corrected chi connectivity index (χ1v) is 13.6. The fraction of sp³-hybridized carbons (Fsp3) is 0.719. The van der Waals surface area contributed by atoms with Crippen molar-refractivity contribution in [1.82, 2.24) is 0 Å². The van der Waals surface area contributed by atoms with Crippen molar-refractivity contribution >= 4 is 5.71 Å².